The fourth-order valence-corrected chi connectivity index (χ4v) is 4.95. The van der Waals surface area contributed by atoms with E-state index in [1.807, 2.05) is 0 Å². The molecule has 0 bridgehead atoms. The summed E-state index contributed by atoms with van der Waals surface area (Å²) in [5.41, 5.74) is -0.107. The molecule has 1 aromatic carbocycles. The predicted molar refractivity (Wildman–Crippen MR) is 84.1 cm³/mol. The lowest BCUT2D eigenvalue weighted by Gasteiger charge is -2.23. The number of rotatable bonds is 4. The molecule has 1 aliphatic rings. The Balaban J connectivity index is 1.80. The Hall–Kier alpha value is -2.16. The maximum atomic E-state index is 12.4. The van der Waals surface area contributed by atoms with Crippen molar-refractivity contribution in [3.8, 4) is 5.75 Å². The van der Waals surface area contributed by atoms with Gasteiger partial charge in [0, 0.05) is 17.0 Å². The molecule has 130 valence electrons. The minimum atomic E-state index is -3.14. The lowest BCUT2D eigenvalue weighted by molar-refractivity contribution is -0.0497. The van der Waals surface area contributed by atoms with E-state index in [0.29, 0.717) is 17.3 Å². The maximum Gasteiger partial charge on any atom is 0.387 e. The standard InChI is InChI=1S/C15H16F2N2O4S/c1-15(4-5-24(21,22)8-15)19-13(20)12-6-9-2-3-10(23-14(16)17)7-11(9)18-12/h2-3,6-7,14,18H,4-5,8H2,1H3,(H,19,20). The lowest BCUT2D eigenvalue weighted by atomic mass is 10.0. The van der Waals surface area contributed by atoms with Gasteiger partial charge in [-0.25, -0.2) is 8.42 Å². The highest BCUT2D eigenvalue weighted by atomic mass is 32.2. The average molecular weight is 358 g/mol. The van der Waals surface area contributed by atoms with Crippen LogP contribution in [-0.2, 0) is 9.84 Å². The van der Waals surface area contributed by atoms with Crippen molar-refractivity contribution in [2.45, 2.75) is 25.5 Å². The van der Waals surface area contributed by atoms with Crippen LogP contribution in [0.25, 0.3) is 10.9 Å². The van der Waals surface area contributed by atoms with Crippen molar-refractivity contribution >= 4 is 26.6 Å². The molecule has 2 heterocycles. The van der Waals surface area contributed by atoms with Crippen LogP contribution in [0.2, 0.25) is 0 Å². The van der Waals surface area contributed by atoms with E-state index in [0.717, 1.165) is 0 Å². The summed E-state index contributed by atoms with van der Waals surface area (Å²) < 4.78 is 52.0. The molecule has 1 atom stereocenters. The minimum absolute atomic E-state index is 0.0137. The summed E-state index contributed by atoms with van der Waals surface area (Å²) in [6.07, 6.45) is 0.355. The molecule has 2 aromatic rings. The van der Waals surface area contributed by atoms with Gasteiger partial charge in [-0.15, -0.1) is 0 Å². The SMILES string of the molecule is CC1(NC(=O)c2cc3ccc(OC(F)F)cc3[nH]2)CCS(=O)(=O)C1. The van der Waals surface area contributed by atoms with E-state index in [4.69, 9.17) is 0 Å². The van der Waals surface area contributed by atoms with Gasteiger partial charge in [-0.05, 0) is 31.5 Å². The third-order valence-corrected chi connectivity index (χ3v) is 5.89. The molecule has 1 fully saturated rings. The minimum Gasteiger partial charge on any atom is -0.435 e. The Morgan fingerprint density at radius 2 is 2.12 bits per heavy atom. The van der Waals surface area contributed by atoms with Crippen LogP contribution in [0, 0.1) is 0 Å². The smallest absolute Gasteiger partial charge is 0.387 e. The molecule has 1 saturated heterocycles. The van der Waals surface area contributed by atoms with Crippen LogP contribution in [0.3, 0.4) is 0 Å². The summed E-state index contributed by atoms with van der Waals surface area (Å²) in [4.78, 5) is 15.2. The number of hydrogen-bond donors (Lipinski definition) is 2. The average Bonchev–Trinajstić information content (AvgIpc) is 2.98. The number of benzene rings is 1. The van der Waals surface area contributed by atoms with Crippen LogP contribution in [-0.4, -0.2) is 43.0 Å². The van der Waals surface area contributed by atoms with Crippen LogP contribution >= 0.6 is 0 Å². The number of hydrogen-bond acceptors (Lipinski definition) is 4. The van der Waals surface area contributed by atoms with E-state index in [1.165, 1.54) is 12.1 Å². The van der Waals surface area contributed by atoms with E-state index >= 15 is 0 Å². The second-order valence-electron chi connectivity index (χ2n) is 6.17. The summed E-state index contributed by atoms with van der Waals surface area (Å²) in [7, 11) is -3.14. The summed E-state index contributed by atoms with van der Waals surface area (Å²) >= 11 is 0. The first-order valence-corrected chi connectivity index (χ1v) is 9.08. The predicted octanol–water partition coefficient (Wildman–Crippen LogP) is 2.08. The number of carbonyl (C=O) groups excluding carboxylic acids is 1. The van der Waals surface area contributed by atoms with Crippen LogP contribution in [0.15, 0.2) is 24.3 Å². The number of H-pyrrole nitrogens is 1. The Morgan fingerprint density at radius 1 is 1.38 bits per heavy atom. The Labute approximate surface area is 137 Å². The highest BCUT2D eigenvalue weighted by molar-refractivity contribution is 7.91. The zero-order valence-corrected chi connectivity index (χ0v) is 13.6. The number of fused-ring (bicyclic) bond motifs is 1. The Morgan fingerprint density at radius 3 is 2.75 bits per heavy atom. The Kier molecular flexibility index (Phi) is 3.98. The molecule has 9 heteroatoms. The van der Waals surface area contributed by atoms with E-state index in [9.17, 15) is 22.0 Å². The van der Waals surface area contributed by atoms with Crippen molar-refractivity contribution in [3.05, 3.63) is 30.0 Å². The van der Waals surface area contributed by atoms with Gasteiger partial charge in [0.05, 0.1) is 17.0 Å². The van der Waals surface area contributed by atoms with Gasteiger partial charge in [-0.3, -0.25) is 4.79 Å². The third kappa shape index (κ3) is 3.50. The van der Waals surface area contributed by atoms with E-state index in [-0.39, 0.29) is 22.9 Å². The van der Waals surface area contributed by atoms with Crippen molar-refractivity contribution < 1.29 is 26.7 Å². The molecular weight excluding hydrogens is 342 g/mol. The second kappa shape index (κ2) is 5.73. The fraction of sp³-hybridized carbons (Fsp3) is 0.400. The first-order chi connectivity index (χ1) is 11.2. The molecule has 1 unspecified atom stereocenters. The number of halogens is 2. The number of ether oxygens (including phenoxy) is 1. The molecule has 2 N–H and O–H groups in total. The number of carbonyl (C=O) groups is 1. The molecule has 1 aliphatic heterocycles. The topological polar surface area (TPSA) is 88.3 Å². The highest BCUT2D eigenvalue weighted by Gasteiger charge is 2.39. The second-order valence-corrected chi connectivity index (χ2v) is 8.35. The first kappa shape index (κ1) is 16.7. The largest absolute Gasteiger partial charge is 0.435 e. The molecule has 24 heavy (non-hydrogen) atoms. The van der Waals surface area contributed by atoms with E-state index < -0.39 is 27.9 Å². The molecule has 1 aromatic heterocycles. The molecule has 6 nitrogen and oxygen atoms in total. The number of sulfone groups is 1. The lowest BCUT2D eigenvalue weighted by Crippen LogP contribution is -2.47. The molecule has 3 rings (SSSR count). The van der Waals surface area contributed by atoms with Gasteiger partial charge in [-0.1, -0.05) is 0 Å². The van der Waals surface area contributed by atoms with Crippen molar-refractivity contribution in [1.82, 2.24) is 10.3 Å². The number of amides is 1. The van der Waals surface area contributed by atoms with Gasteiger partial charge in [0.15, 0.2) is 9.84 Å². The number of aromatic amines is 1. The molecule has 0 spiro atoms. The molecular formula is C15H16F2N2O4S. The van der Waals surface area contributed by atoms with Gasteiger partial charge in [-0.2, -0.15) is 8.78 Å². The third-order valence-electron chi connectivity index (χ3n) is 3.98. The molecule has 0 aliphatic carbocycles. The Bertz CT molecular complexity index is 894. The van der Waals surface area contributed by atoms with Gasteiger partial charge >= 0.3 is 6.61 Å². The van der Waals surface area contributed by atoms with Crippen molar-refractivity contribution in [3.63, 3.8) is 0 Å². The van der Waals surface area contributed by atoms with Crippen LogP contribution in [0.5, 0.6) is 5.75 Å². The van der Waals surface area contributed by atoms with Gasteiger partial charge in [0.2, 0.25) is 0 Å². The maximum absolute atomic E-state index is 12.4. The first-order valence-electron chi connectivity index (χ1n) is 7.26. The van der Waals surface area contributed by atoms with Crippen LogP contribution in [0.4, 0.5) is 8.78 Å². The van der Waals surface area contributed by atoms with Gasteiger partial charge < -0.3 is 15.0 Å². The summed E-state index contributed by atoms with van der Waals surface area (Å²) in [6, 6.07) is 5.89. The zero-order valence-electron chi connectivity index (χ0n) is 12.8. The quantitative estimate of drug-likeness (QED) is 0.876. The van der Waals surface area contributed by atoms with Crippen LogP contribution < -0.4 is 10.1 Å². The van der Waals surface area contributed by atoms with Crippen molar-refractivity contribution in [2.24, 2.45) is 0 Å². The zero-order chi connectivity index (χ0) is 17.5. The molecule has 1 amide bonds. The molecule has 0 saturated carbocycles. The molecule has 0 radical (unpaired) electrons. The summed E-state index contributed by atoms with van der Waals surface area (Å²) in [6.45, 7) is -1.24. The van der Waals surface area contributed by atoms with Crippen molar-refractivity contribution in [2.75, 3.05) is 11.5 Å². The van der Waals surface area contributed by atoms with Gasteiger partial charge in [0.25, 0.3) is 5.91 Å². The summed E-state index contributed by atoms with van der Waals surface area (Å²) in [5, 5.41) is 3.39. The van der Waals surface area contributed by atoms with Crippen LogP contribution in [0.1, 0.15) is 23.8 Å². The monoisotopic (exact) mass is 358 g/mol. The van der Waals surface area contributed by atoms with Gasteiger partial charge in [0.1, 0.15) is 11.4 Å². The fourth-order valence-electron chi connectivity index (χ4n) is 2.86. The van der Waals surface area contributed by atoms with Crippen molar-refractivity contribution in [1.29, 1.82) is 0 Å². The number of alkyl halides is 2. The number of aromatic nitrogens is 1. The number of nitrogens with one attached hydrogen (secondary N) is 2. The normalized spacial score (nSPS) is 22.8. The van der Waals surface area contributed by atoms with E-state index in [1.54, 1.807) is 19.1 Å². The highest BCUT2D eigenvalue weighted by Crippen LogP contribution is 2.25. The van der Waals surface area contributed by atoms with E-state index in [2.05, 4.69) is 15.0 Å². The summed E-state index contributed by atoms with van der Waals surface area (Å²) in [5.74, 6) is -0.509.